The van der Waals surface area contributed by atoms with Gasteiger partial charge in [-0.05, 0) is 31.8 Å². The minimum atomic E-state index is -3.41. The van der Waals surface area contributed by atoms with Crippen LogP contribution in [-0.2, 0) is 16.6 Å². The van der Waals surface area contributed by atoms with Crippen molar-refractivity contribution in [3.63, 3.8) is 0 Å². The van der Waals surface area contributed by atoms with E-state index in [1.54, 1.807) is 12.1 Å². The molecule has 0 radical (unpaired) electrons. The van der Waals surface area contributed by atoms with Crippen LogP contribution in [0.15, 0.2) is 29.2 Å². The third kappa shape index (κ3) is 5.32. The monoisotopic (exact) mass is 293 g/mol. The number of nitrogens with one attached hydrogen (secondary N) is 1. The van der Waals surface area contributed by atoms with Crippen molar-refractivity contribution >= 4 is 22.4 Å². The predicted molar refractivity (Wildman–Crippen MR) is 75.3 cm³/mol. The Kier molecular flexibility index (Phi) is 7.42. The molecule has 0 aliphatic carbocycles. The van der Waals surface area contributed by atoms with Crippen LogP contribution < -0.4 is 10.5 Å². The third-order valence-corrected chi connectivity index (χ3v) is 3.65. The van der Waals surface area contributed by atoms with Gasteiger partial charge in [-0.2, -0.15) is 0 Å². The van der Waals surface area contributed by atoms with Crippen LogP contribution in [0.25, 0.3) is 0 Å². The number of hydrogen-bond donors (Lipinski definition) is 2. The molecule has 0 unspecified atom stereocenters. The van der Waals surface area contributed by atoms with Gasteiger partial charge in [0.1, 0.15) is 0 Å². The number of halogens is 1. The number of rotatable bonds is 6. The molecule has 18 heavy (non-hydrogen) atoms. The topological polar surface area (TPSA) is 75.4 Å². The number of nitrogens with two attached hydrogens (primary N) is 1. The molecule has 104 valence electrons. The molecule has 5 nitrogen and oxygen atoms in total. The summed E-state index contributed by atoms with van der Waals surface area (Å²) in [5.41, 5.74) is 6.34. The Morgan fingerprint density at radius 2 is 1.78 bits per heavy atom. The van der Waals surface area contributed by atoms with Gasteiger partial charge >= 0.3 is 0 Å². The Balaban J connectivity index is 0.00000289. The first kappa shape index (κ1) is 17.3. The second-order valence-corrected chi connectivity index (χ2v) is 5.84. The molecule has 0 aliphatic heterocycles. The molecular formula is C11H20ClN3O2S. The van der Waals surface area contributed by atoms with Gasteiger partial charge < -0.3 is 10.6 Å². The van der Waals surface area contributed by atoms with Gasteiger partial charge in [-0.1, -0.05) is 12.1 Å². The van der Waals surface area contributed by atoms with Crippen LogP contribution in [0.2, 0.25) is 0 Å². The van der Waals surface area contributed by atoms with E-state index in [0.717, 1.165) is 12.1 Å². The molecule has 0 heterocycles. The lowest BCUT2D eigenvalue weighted by Crippen LogP contribution is -2.29. The zero-order valence-corrected chi connectivity index (χ0v) is 12.2. The minimum Gasteiger partial charge on any atom is -0.329 e. The van der Waals surface area contributed by atoms with Crippen LogP contribution in [0.4, 0.5) is 0 Å². The second-order valence-electron chi connectivity index (χ2n) is 4.07. The zero-order chi connectivity index (χ0) is 12.9. The van der Waals surface area contributed by atoms with E-state index >= 15 is 0 Å². The summed E-state index contributed by atoms with van der Waals surface area (Å²) < 4.78 is 25.9. The number of benzene rings is 1. The van der Waals surface area contributed by atoms with Gasteiger partial charge in [0.25, 0.3) is 0 Å². The molecule has 3 N–H and O–H groups in total. The highest BCUT2D eigenvalue weighted by Crippen LogP contribution is 2.11. The second kappa shape index (κ2) is 7.70. The summed E-state index contributed by atoms with van der Waals surface area (Å²) in [5.74, 6) is 0. The average Bonchev–Trinajstić information content (AvgIpc) is 2.26. The third-order valence-electron chi connectivity index (χ3n) is 2.17. The first-order chi connectivity index (χ1) is 7.95. The summed E-state index contributed by atoms with van der Waals surface area (Å²) >= 11 is 0. The molecule has 0 aromatic heterocycles. The molecule has 0 spiro atoms. The largest absolute Gasteiger partial charge is 0.329 e. The minimum absolute atomic E-state index is 0. The van der Waals surface area contributed by atoms with Crippen molar-refractivity contribution in [2.75, 3.05) is 27.2 Å². The molecule has 1 aromatic rings. The Morgan fingerprint density at radius 1 is 1.22 bits per heavy atom. The van der Waals surface area contributed by atoms with Crippen LogP contribution >= 0.6 is 12.4 Å². The van der Waals surface area contributed by atoms with Crippen LogP contribution in [-0.4, -0.2) is 40.5 Å². The van der Waals surface area contributed by atoms with Crippen molar-refractivity contribution in [2.24, 2.45) is 5.73 Å². The molecular weight excluding hydrogens is 274 g/mol. The summed E-state index contributed by atoms with van der Waals surface area (Å²) in [4.78, 5) is 2.30. The highest BCUT2D eigenvalue weighted by atomic mass is 35.5. The van der Waals surface area contributed by atoms with E-state index in [2.05, 4.69) is 4.72 Å². The summed E-state index contributed by atoms with van der Waals surface area (Å²) in [6, 6.07) is 6.85. The molecule has 0 atom stereocenters. The Morgan fingerprint density at radius 3 is 2.22 bits per heavy atom. The van der Waals surface area contributed by atoms with E-state index in [0.29, 0.717) is 0 Å². The zero-order valence-electron chi connectivity index (χ0n) is 10.6. The standard InChI is InChI=1S/C11H19N3O2S.ClH/c1-14(2)9-10-3-5-11(6-4-10)17(15,16)13-8-7-12;/h3-6,13H,7-9,12H2,1-2H3;1H. The quantitative estimate of drug-likeness (QED) is 0.796. The lowest BCUT2D eigenvalue weighted by molar-refractivity contribution is 0.402. The van der Waals surface area contributed by atoms with E-state index in [1.165, 1.54) is 0 Å². The van der Waals surface area contributed by atoms with E-state index in [1.807, 2.05) is 31.1 Å². The molecule has 0 amide bonds. The first-order valence-electron chi connectivity index (χ1n) is 5.39. The van der Waals surface area contributed by atoms with E-state index in [9.17, 15) is 8.42 Å². The highest BCUT2D eigenvalue weighted by molar-refractivity contribution is 7.89. The maximum Gasteiger partial charge on any atom is 0.240 e. The van der Waals surface area contributed by atoms with Crippen LogP contribution in [0.3, 0.4) is 0 Å². The fourth-order valence-electron chi connectivity index (χ4n) is 1.42. The Labute approximate surface area is 115 Å². The molecule has 0 aliphatic rings. The summed E-state index contributed by atoms with van der Waals surface area (Å²) in [5, 5.41) is 0. The summed E-state index contributed by atoms with van der Waals surface area (Å²) in [7, 11) is 0.520. The summed E-state index contributed by atoms with van der Waals surface area (Å²) in [6.45, 7) is 1.33. The van der Waals surface area contributed by atoms with Crippen molar-refractivity contribution in [1.29, 1.82) is 0 Å². The average molecular weight is 294 g/mol. The van der Waals surface area contributed by atoms with Crippen molar-refractivity contribution < 1.29 is 8.42 Å². The van der Waals surface area contributed by atoms with E-state index in [-0.39, 0.29) is 30.4 Å². The maximum absolute atomic E-state index is 11.7. The fraction of sp³-hybridized carbons (Fsp3) is 0.455. The van der Waals surface area contributed by atoms with Crippen LogP contribution in [0, 0.1) is 0 Å². The van der Waals surface area contributed by atoms with Crippen molar-refractivity contribution in [3.8, 4) is 0 Å². The molecule has 7 heteroatoms. The molecule has 0 saturated heterocycles. The lowest BCUT2D eigenvalue weighted by Gasteiger charge is -2.10. The maximum atomic E-state index is 11.7. The first-order valence-corrected chi connectivity index (χ1v) is 6.87. The van der Waals surface area contributed by atoms with Crippen molar-refractivity contribution in [3.05, 3.63) is 29.8 Å². The van der Waals surface area contributed by atoms with Gasteiger partial charge in [0.2, 0.25) is 10.0 Å². The van der Waals surface area contributed by atoms with Gasteiger partial charge in [0.15, 0.2) is 0 Å². The number of nitrogens with zero attached hydrogens (tertiary/aromatic N) is 1. The van der Waals surface area contributed by atoms with Gasteiger partial charge in [0.05, 0.1) is 4.90 Å². The Hall–Kier alpha value is -0.660. The molecule has 1 aromatic carbocycles. The molecule has 0 fully saturated rings. The molecule has 0 saturated carbocycles. The van der Waals surface area contributed by atoms with Crippen molar-refractivity contribution in [1.82, 2.24) is 9.62 Å². The SMILES string of the molecule is CN(C)Cc1ccc(S(=O)(=O)NCCN)cc1.Cl. The lowest BCUT2D eigenvalue weighted by atomic mass is 10.2. The molecule has 0 bridgehead atoms. The highest BCUT2D eigenvalue weighted by Gasteiger charge is 2.12. The smallest absolute Gasteiger partial charge is 0.240 e. The van der Waals surface area contributed by atoms with Crippen LogP contribution in [0.1, 0.15) is 5.56 Å². The number of hydrogen-bond acceptors (Lipinski definition) is 4. The van der Waals surface area contributed by atoms with Crippen molar-refractivity contribution in [2.45, 2.75) is 11.4 Å². The normalized spacial score (nSPS) is 11.3. The Bertz CT molecular complexity index is 446. The van der Waals surface area contributed by atoms with Gasteiger partial charge in [-0.3, -0.25) is 0 Å². The van der Waals surface area contributed by atoms with Gasteiger partial charge in [-0.25, -0.2) is 13.1 Å². The van der Waals surface area contributed by atoms with Gasteiger partial charge in [-0.15, -0.1) is 12.4 Å². The van der Waals surface area contributed by atoms with Crippen LogP contribution in [0.5, 0.6) is 0 Å². The van der Waals surface area contributed by atoms with E-state index < -0.39 is 10.0 Å². The van der Waals surface area contributed by atoms with Gasteiger partial charge in [0, 0.05) is 19.6 Å². The fourth-order valence-corrected chi connectivity index (χ4v) is 2.46. The molecule has 1 rings (SSSR count). The number of sulfonamides is 1. The predicted octanol–water partition coefficient (Wildman–Crippen LogP) is 0.407. The van der Waals surface area contributed by atoms with E-state index in [4.69, 9.17) is 5.73 Å². The summed E-state index contributed by atoms with van der Waals surface area (Å²) in [6.07, 6.45) is 0.